The number of rotatable bonds is 8. The molecule has 0 aliphatic heterocycles. The van der Waals surface area contributed by atoms with Gasteiger partial charge in [0.15, 0.2) is 0 Å². The van der Waals surface area contributed by atoms with Crippen molar-refractivity contribution in [3.8, 4) is 0 Å². The van der Waals surface area contributed by atoms with Crippen molar-refractivity contribution in [1.82, 2.24) is 5.32 Å². The molecule has 0 aromatic heterocycles. The zero-order valence-electron chi connectivity index (χ0n) is 16.4. The van der Waals surface area contributed by atoms with E-state index in [9.17, 15) is 13.2 Å². The van der Waals surface area contributed by atoms with E-state index in [-0.39, 0.29) is 5.91 Å². The molecular formula is C20H25ClN2O3S2. The second-order valence-electron chi connectivity index (χ2n) is 6.62. The molecule has 1 N–H and O–H groups in total. The van der Waals surface area contributed by atoms with Crippen molar-refractivity contribution in [2.75, 3.05) is 22.9 Å². The van der Waals surface area contributed by atoms with Gasteiger partial charge in [-0.25, -0.2) is 8.42 Å². The number of benzene rings is 2. The summed E-state index contributed by atoms with van der Waals surface area (Å²) < 4.78 is 26.0. The van der Waals surface area contributed by atoms with E-state index in [4.69, 9.17) is 11.6 Å². The quantitative estimate of drug-likeness (QED) is 0.497. The summed E-state index contributed by atoms with van der Waals surface area (Å²) in [7, 11) is -3.62. The van der Waals surface area contributed by atoms with Gasteiger partial charge in [-0.15, -0.1) is 11.8 Å². The molecule has 8 heteroatoms. The number of carbonyl (C=O) groups is 1. The van der Waals surface area contributed by atoms with Crippen molar-refractivity contribution >= 4 is 45.0 Å². The Bertz CT molecular complexity index is 931. The molecule has 0 aliphatic carbocycles. The fourth-order valence-corrected chi connectivity index (χ4v) is 4.88. The predicted octanol–water partition coefficient (Wildman–Crippen LogP) is 4.02. The fraction of sp³-hybridized carbons (Fsp3) is 0.350. The van der Waals surface area contributed by atoms with Crippen LogP contribution in [0.15, 0.2) is 47.4 Å². The summed E-state index contributed by atoms with van der Waals surface area (Å²) >= 11 is 7.46. The van der Waals surface area contributed by atoms with E-state index in [0.29, 0.717) is 23.0 Å². The summed E-state index contributed by atoms with van der Waals surface area (Å²) in [5.41, 5.74) is 2.26. The number of nitrogens with one attached hydrogen (secondary N) is 1. The highest BCUT2D eigenvalue weighted by molar-refractivity contribution is 7.99. The average Bonchev–Trinajstić information content (AvgIpc) is 2.62. The largest absolute Gasteiger partial charge is 0.353 e. The maximum absolute atomic E-state index is 12.6. The Labute approximate surface area is 176 Å². The fourth-order valence-electron chi connectivity index (χ4n) is 2.76. The second-order valence-corrected chi connectivity index (χ2v) is 10.1. The SMILES string of the molecule is Cc1ccc(C)c(N([C@@H](C)C(=O)NCCSc2ccc(Cl)cc2)S(C)(=O)=O)c1. The van der Waals surface area contributed by atoms with Gasteiger partial charge in [0.2, 0.25) is 15.9 Å². The standard InChI is InChI=1S/C20H25ClN2O3S2/c1-14-5-6-15(2)19(13-14)23(28(4,25)26)16(3)20(24)22-11-12-27-18-9-7-17(21)8-10-18/h5-10,13,16H,11-12H2,1-4H3,(H,22,24)/t16-/m0/s1. The molecule has 0 radical (unpaired) electrons. The van der Waals surface area contributed by atoms with Crippen molar-refractivity contribution < 1.29 is 13.2 Å². The van der Waals surface area contributed by atoms with E-state index in [2.05, 4.69) is 5.32 Å². The third-order valence-electron chi connectivity index (χ3n) is 4.17. The molecule has 1 atom stereocenters. The van der Waals surface area contributed by atoms with E-state index < -0.39 is 16.1 Å². The molecule has 0 heterocycles. The van der Waals surface area contributed by atoms with Crippen molar-refractivity contribution in [1.29, 1.82) is 0 Å². The minimum atomic E-state index is -3.62. The zero-order chi connectivity index (χ0) is 20.9. The Morgan fingerprint density at radius 1 is 1.18 bits per heavy atom. The van der Waals surface area contributed by atoms with Gasteiger partial charge in [-0.2, -0.15) is 0 Å². The van der Waals surface area contributed by atoms with E-state index >= 15 is 0 Å². The van der Waals surface area contributed by atoms with Crippen LogP contribution >= 0.6 is 23.4 Å². The number of carbonyl (C=O) groups excluding carboxylic acids is 1. The number of sulfonamides is 1. The minimum absolute atomic E-state index is 0.331. The number of hydrogen-bond donors (Lipinski definition) is 1. The van der Waals surface area contributed by atoms with Gasteiger partial charge in [0.05, 0.1) is 11.9 Å². The van der Waals surface area contributed by atoms with Gasteiger partial charge in [0.1, 0.15) is 6.04 Å². The lowest BCUT2D eigenvalue weighted by atomic mass is 10.1. The van der Waals surface area contributed by atoms with Gasteiger partial charge in [-0.1, -0.05) is 23.7 Å². The van der Waals surface area contributed by atoms with Gasteiger partial charge in [-0.05, 0) is 62.2 Å². The normalized spacial score (nSPS) is 12.5. The van der Waals surface area contributed by atoms with Crippen LogP contribution in [0.5, 0.6) is 0 Å². The first-order valence-electron chi connectivity index (χ1n) is 8.82. The van der Waals surface area contributed by atoms with Crippen LogP contribution < -0.4 is 9.62 Å². The molecular weight excluding hydrogens is 416 g/mol. The highest BCUT2D eigenvalue weighted by Gasteiger charge is 2.30. The van der Waals surface area contributed by atoms with Gasteiger partial charge >= 0.3 is 0 Å². The molecule has 1 amide bonds. The Morgan fingerprint density at radius 2 is 1.82 bits per heavy atom. The predicted molar refractivity (Wildman–Crippen MR) is 118 cm³/mol. The van der Waals surface area contributed by atoms with Crippen LogP contribution in [0.3, 0.4) is 0 Å². The lowest BCUT2D eigenvalue weighted by Gasteiger charge is -2.29. The van der Waals surface area contributed by atoms with Crippen LogP contribution in [0.2, 0.25) is 5.02 Å². The molecule has 152 valence electrons. The van der Waals surface area contributed by atoms with Crippen LogP contribution in [0, 0.1) is 13.8 Å². The van der Waals surface area contributed by atoms with Crippen LogP contribution in [-0.4, -0.2) is 38.9 Å². The molecule has 0 saturated carbocycles. The van der Waals surface area contributed by atoms with E-state index in [1.807, 2.05) is 50.2 Å². The molecule has 28 heavy (non-hydrogen) atoms. The minimum Gasteiger partial charge on any atom is -0.353 e. The summed E-state index contributed by atoms with van der Waals surface area (Å²) in [5.74, 6) is 0.339. The lowest BCUT2D eigenvalue weighted by Crippen LogP contribution is -2.48. The first-order chi connectivity index (χ1) is 13.1. The van der Waals surface area contributed by atoms with E-state index in [1.54, 1.807) is 24.8 Å². The number of thioether (sulfide) groups is 1. The third kappa shape index (κ3) is 6.15. The van der Waals surface area contributed by atoms with Gasteiger partial charge in [-0.3, -0.25) is 9.10 Å². The smallest absolute Gasteiger partial charge is 0.243 e. The number of hydrogen-bond acceptors (Lipinski definition) is 4. The van der Waals surface area contributed by atoms with Gasteiger partial charge < -0.3 is 5.32 Å². The summed E-state index contributed by atoms with van der Waals surface area (Å²) in [6.07, 6.45) is 1.12. The maximum atomic E-state index is 12.6. The topological polar surface area (TPSA) is 66.5 Å². The highest BCUT2D eigenvalue weighted by Crippen LogP contribution is 2.26. The molecule has 0 aliphatic rings. The second kappa shape index (κ2) is 9.67. The van der Waals surface area contributed by atoms with Crippen LogP contribution in [-0.2, 0) is 14.8 Å². The number of amides is 1. The van der Waals surface area contributed by atoms with Crippen molar-refractivity contribution in [2.45, 2.75) is 31.7 Å². The van der Waals surface area contributed by atoms with E-state index in [1.165, 1.54) is 4.31 Å². The van der Waals surface area contributed by atoms with Crippen LogP contribution in [0.4, 0.5) is 5.69 Å². The molecule has 2 aromatic rings. The molecule has 2 aromatic carbocycles. The van der Waals surface area contributed by atoms with Crippen molar-refractivity contribution in [3.63, 3.8) is 0 Å². The molecule has 0 fully saturated rings. The van der Waals surface area contributed by atoms with Gasteiger partial charge in [0.25, 0.3) is 0 Å². The monoisotopic (exact) mass is 440 g/mol. The summed E-state index contributed by atoms with van der Waals surface area (Å²) in [6.45, 7) is 5.76. The first-order valence-corrected chi connectivity index (χ1v) is 12.0. The maximum Gasteiger partial charge on any atom is 0.243 e. The average molecular weight is 441 g/mol. The molecule has 0 spiro atoms. The summed E-state index contributed by atoms with van der Waals surface area (Å²) in [6, 6.07) is 12.2. The Hall–Kier alpha value is -1.70. The molecule has 2 rings (SSSR count). The summed E-state index contributed by atoms with van der Waals surface area (Å²) in [5, 5.41) is 3.51. The van der Waals surface area contributed by atoms with Crippen LogP contribution in [0.25, 0.3) is 0 Å². The Balaban J connectivity index is 2.03. The molecule has 5 nitrogen and oxygen atoms in total. The Morgan fingerprint density at radius 3 is 2.43 bits per heavy atom. The summed E-state index contributed by atoms with van der Waals surface area (Å²) in [4.78, 5) is 13.7. The van der Waals surface area contributed by atoms with Crippen LogP contribution in [0.1, 0.15) is 18.1 Å². The van der Waals surface area contributed by atoms with Crippen molar-refractivity contribution in [3.05, 3.63) is 58.6 Å². The zero-order valence-corrected chi connectivity index (χ0v) is 18.8. The molecule has 0 saturated heterocycles. The Kier molecular flexibility index (Phi) is 7.80. The molecule has 0 unspecified atom stereocenters. The molecule has 0 bridgehead atoms. The number of aryl methyl sites for hydroxylation is 2. The lowest BCUT2D eigenvalue weighted by molar-refractivity contribution is -0.121. The first kappa shape index (κ1) is 22.6. The third-order valence-corrected chi connectivity index (χ3v) is 6.67. The van der Waals surface area contributed by atoms with Gasteiger partial charge in [0, 0.05) is 22.2 Å². The highest BCUT2D eigenvalue weighted by atomic mass is 35.5. The number of anilines is 1. The van der Waals surface area contributed by atoms with E-state index in [0.717, 1.165) is 22.3 Å². The number of halogens is 1. The number of nitrogens with zero attached hydrogens (tertiary/aromatic N) is 1. The van der Waals surface area contributed by atoms with Crippen molar-refractivity contribution in [2.24, 2.45) is 0 Å².